The lowest BCUT2D eigenvalue weighted by atomic mass is 10.2. The van der Waals surface area contributed by atoms with Crippen LogP contribution in [0.15, 0.2) is 64.2 Å². The number of hydrogen-bond acceptors (Lipinski definition) is 3. The molecule has 0 aliphatic rings. The molecular formula is C19H17BrN4O. The number of halogens is 1. The molecule has 1 aromatic heterocycles. The molecule has 6 heteroatoms. The van der Waals surface area contributed by atoms with Crippen LogP contribution in [0.3, 0.4) is 0 Å². The third-order valence-electron chi connectivity index (χ3n) is 3.81. The monoisotopic (exact) mass is 396 g/mol. The molecule has 1 N–H and O–H groups in total. The van der Waals surface area contributed by atoms with Gasteiger partial charge in [0.1, 0.15) is 0 Å². The van der Waals surface area contributed by atoms with Gasteiger partial charge in [0.25, 0.3) is 5.91 Å². The van der Waals surface area contributed by atoms with Crippen LogP contribution in [-0.4, -0.2) is 21.9 Å². The van der Waals surface area contributed by atoms with E-state index in [9.17, 15) is 4.79 Å². The summed E-state index contributed by atoms with van der Waals surface area (Å²) in [7, 11) is 0. The maximum atomic E-state index is 12.1. The quantitative estimate of drug-likeness (QED) is 0.534. The Bertz CT molecular complexity index is 915. The van der Waals surface area contributed by atoms with Gasteiger partial charge in [0.15, 0.2) is 0 Å². The lowest BCUT2D eigenvalue weighted by Crippen LogP contribution is -2.17. The van der Waals surface area contributed by atoms with Crippen molar-refractivity contribution in [1.29, 1.82) is 0 Å². The van der Waals surface area contributed by atoms with Gasteiger partial charge in [0, 0.05) is 15.6 Å². The molecule has 0 atom stereocenters. The molecule has 25 heavy (non-hydrogen) atoms. The zero-order valence-electron chi connectivity index (χ0n) is 13.9. The molecule has 0 aliphatic carbocycles. The summed E-state index contributed by atoms with van der Waals surface area (Å²) in [5, 5.41) is 8.63. The van der Waals surface area contributed by atoms with Gasteiger partial charge in [0.2, 0.25) is 0 Å². The average molecular weight is 397 g/mol. The van der Waals surface area contributed by atoms with Crippen LogP contribution in [0.5, 0.6) is 0 Å². The van der Waals surface area contributed by atoms with E-state index in [-0.39, 0.29) is 5.91 Å². The van der Waals surface area contributed by atoms with Crippen molar-refractivity contribution < 1.29 is 4.79 Å². The lowest BCUT2D eigenvalue weighted by Gasteiger charge is -2.03. The Labute approximate surface area is 154 Å². The van der Waals surface area contributed by atoms with Gasteiger partial charge in [-0.1, -0.05) is 34.1 Å². The van der Waals surface area contributed by atoms with Crippen LogP contribution in [0.25, 0.3) is 5.69 Å². The largest absolute Gasteiger partial charge is 0.271 e. The van der Waals surface area contributed by atoms with Crippen molar-refractivity contribution in [2.45, 2.75) is 13.8 Å². The second kappa shape index (κ2) is 7.44. The van der Waals surface area contributed by atoms with Crippen LogP contribution < -0.4 is 5.43 Å². The average Bonchev–Trinajstić information content (AvgIpc) is 2.91. The zero-order chi connectivity index (χ0) is 17.8. The first kappa shape index (κ1) is 17.1. The number of carbonyl (C=O) groups excluding carboxylic acids is 1. The molecule has 0 aliphatic heterocycles. The predicted octanol–water partition coefficient (Wildman–Crippen LogP) is 4.02. The molecule has 2 aromatic carbocycles. The zero-order valence-corrected chi connectivity index (χ0v) is 15.5. The summed E-state index contributed by atoms with van der Waals surface area (Å²) < 4.78 is 2.79. The molecule has 3 rings (SSSR count). The van der Waals surface area contributed by atoms with E-state index < -0.39 is 0 Å². The summed E-state index contributed by atoms with van der Waals surface area (Å²) in [5.74, 6) is -0.255. The molecule has 126 valence electrons. The van der Waals surface area contributed by atoms with Crippen molar-refractivity contribution in [1.82, 2.24) is 15.2 Å². The van der Waals surface area contributed by atoms with Gasteiger partial charge in [-0.25, -0.2) is 10.1 Å². The van der Waals surface area contributed by atoms with Crippen molar-refractivity contribution in [3.8, 4) is 5.69 Å². The van der Waals surface area contributed by atoms with E-state index in [0.717, 1.165) is 27.1 Å². The maximum absolute atomic E-state index is 12.1. The minimum atomic E-state index is -0.255. The standard InChI is InChI=1S/C19H17BrN4O/c1-13-18(14(2)24(23-13)17-6-4-3-5-7-17)12-21-22-19(25)15-8-10-16(20)11-9-15/h3-12H,1-2H3,(H,22,25)/b21-12+. The summed E-state index contributed by atoms with van der Waals surface area (Å²) in [6.45, 7) is 3.90. The van der Waals surface area contributed by atoms with Crippen molar-refractivity contribution in [2.75, 3.05) is 0 Å². The van der Waals surface area contributed by atoms with Crippen molar-refractivity contribution in [3.05, 3.63) is 81.6 Å². The van der Waals surface area contributed by atoms with E-state index in [1.165, 1.54) is 0 Å². The first-order valence-electron chi connectivity index (χ1n) is 7.77. The topological polar surface area (TPSA) is 59.3 Å². The molecule has 5 nitrogen and oxygen atoms in total. The third-order valence-corrected chi connectivity index (χ3v) is 4.34. The highest BCUT2D eigenvalue weighted by Crippen LogP contribution is 2.16. The minimum Gasteiger partial charge on any atom is -0.267 e. The van der Waals surface area contributed by atoms with Gasteiger partial charge >= 0.3 is 0 Å². The predicted molar refractivity (Wildman–Crippen MR) is 102 cm³/mol. The number of aryl methyl sites for hydroxylation is 1. The molecule has 0 bridgehead atoms. The van der Waals surface area contributed by atoms with Gasteiger partial charge < -0.3 is 0 Å². The molecular weight excluding hydrogens is 380 g/mol. The Morgan fingerprint density at radius 3 is 2.48 bits per heavy atom. The van der Waals surface area contributed by atoms with E-state index in [2.05, 4.69) is 31.6 Å². The normalized spacial score (nSPS) is 11.0. The number of aromatic nitrogens is 2. The summed E-state index contributed by atoms with van der Waals surface area (Å²) in [6, 6.07) is 17.0. The van der Waals surface area contributed by atoms with E-state index in [1.54, 1.807) is 18.3 Å². The second-order valence-corrected chi connectivity index (χ2v) is 6.45. The first-order chi connectivity index (χ1) is 12.1. The number of carbonyl (C=O) groups is 1. The molecule has 0 spiro atoms. The Hall–Kier alpha value is -2.73. The minimum absolute atomic E-state index is 0.255. The van der Waals surface area contributed by atoms with Gasteiger partial charge in [0.05, 0.1) is 23.3 Å². The number of hydrazone groups is 1. The summed E-state index contributed by atoms with van der Waals surface area (Å²) in [5.41, 5.74) is 6.79. The fraction of sp³-hybridized carbons (Fsp3) is 0.105. The van der Waals surface area contributed by atoms with Crippen LogP contribution in [0, 0.1) is 13.8 Å². The number of nitrogens with one attached hydrogen (secondary N) is 1. The van der Waals surface area contributed by atoms with Gasteiger partial charge in [-0.05, 0) is 50.2 Å². The number of amides is 1. The van der Waals surface area contributed by atoms with Crippen LogP contribution >= 0.6 is 15.9 Å². The number of para-hydroxylation sites is 1. The maximum Gasteiger partial charge on any atom is 0.271 e. The Morgan fingerprint density at radius 2 is 1.80 bits per heavy atom. The molecule has 0 fully saturated rings. The molecule has 3 aromatic rings. The fourth-order valence-electron chi connectivity index (χ4n) is 2.48. The third kappa shape index (κ3) is 3.85. The Morgan fingerprint density at radius 1 is 1.12 bits per heavy atom. The van der Waals surface area contributed by atoms with E-state index in [4.69, 9.17) is 0 Å². The Balaban J connectivity index is 1.77. The van der Waals surface area contributed by atoms with Crippen LogP contribution in [0.1, 0.15) is 27.3 Å². The van der Waals surface area contributed by atoms with E-state index in [0.29, 0.717) is 5.56 Å². The molecule has 0 unspecified atom stereocenters. The summed E-state index contributed by atoms with van der Waals surface area (Å²) in [6.07, 6.45) is 1.63. The SMILES string of the molecule is Cc1nn(-c2ccccc2)c(C)c1/C=N/NC(=O)c1ccc(Br)cc1. The van der Waals surface area contributed by atoms with Crippen molar-refractivity contribution in [3.63, 3.8) is 0 Å². The van der Waals surface area contributed by atoms with Gasteiger partial charge in [-0.3, -0.25) is 4.79 Å². The molecule has 0 radical (unpaired) electrons. The van der Waals surface area contributed by atoms with Crippen molar-refractivity contribution >= 4 is 28.1 Å². The summed E-state index contributed by atoms with van der Waals surface area (Å²) in [4.78, 5) is 12.1. The highest BCUT2D eigenvalue weighted by atomic mass is 79.9. The first-order valence-corrected chi connectivity index (χ1v) is 8.56. The molecule has 1 heterocycles. The smallest absolute Gasteiger partial charge is 0.267 e. The number of rotatable bonds is 4. The Kier molecular flexibility index (Phi) is 5.09. The number of hydrogen-bond donors (Lipinski definition) is 1. The molecule has 0 saturated carbocycles. The highest BCUT2D eigenvalue weighted by Gasteiger charge is 2.11. The molecule has 1 amide bonds. The number of nitrogens with zero attached hydrogens (tertiary/aromatic N) is 3. The van der Waals surface area contributed by atoms with E-state index >= 15 is 0 Å². The van der Waals surface area contributed by atoms with E-state index in [1.807, 2.05) is 61.0 Å². The van der Waals surface area contributed by atoms with Gasteiger partial charge in [-0.2, -0.15) is 10.2 Å². The second-order valence-electron chi connectivity index (χ2n) is 5.54. The van der Waals surface area contributed by atoms with Crippen molar-refractivity contribution in [2.24, 2.45) is 5.10 Å². The number of benzene rings is 2. The van der Waals surface area contributed by atoms with Gasteiger partial charge in [-0.15, -0.1) is 0 Å². The highest BCUT2D eigenvalue weighted by molar-refractivity contribution is 9.10. The fourth-order valence-corrected chi connectivity index (χ4v) is 2.75. The lowest BCUT2D eigenvalue weighted by molar-refractivity contribution is 0.0955. The van der Waals surface area contributed by atoms with Crippen LogP contribution in [0.2, 0.25) is 0 Å². The molecule has 0 saturated heterocycles. The summed E-state index contributed by atoms with van der Waals surface area (Å²) >= 11 is 3.34. The van der Waals surface area contributed by atoms with Crippen LogP contribution in [-0.2, 0) is 0 Å². The van der Waals surface area contributed by atoms with Crippen LogP contribution in [0.4, 0.5) is 0 Å².